The Morgan fingerprint density at radius 3 is 2.23 bits per heavy atom. The molecule has 180 valence electrons. The second-order valence-electron chi connectivity index (χ2n) is 9.96. The maximum atomic E-state index is 13.8. The molecule has 2 aromatic carbocycles. The molecule has 1 saturated heterocycles. The molecule has 2 aromatic rings. The summed E-state index contributed by atoms with van der Waals surface area (Å²) in [6, 6.07) is 13.6. The second kappa shape index (κ2) is 8.26. The summed E-state index contributed by atoms with van der Waals surface area (Å²) < 4.78 is 10.7. The van der Waals surface area contributed by atoms with E-state index in [1.165, 1.54) is 12.0 Å². The normalized spacial score (nSPS) is 30.5. The number of ether oxygens (including phenoxy) is 2. The number of anilines is 1. The molecule has 1 N–H and O–H groups in total. The van der Waals surface area contributed by atoms with Gasteiger partial charge in [0.2, 0.25) is 17.7 Å². The number of carbonyl (C=O) groups excluding carboxylic acids is 3. The number of imide groups is 1. The summed E-state index contributed by atoms with van der Waals surface area (Å²) in [7, 11) is 3.06. The maximum absolute atomic E-state index is 13.8. The van der Waals surface area contributed by atoms with Crippen molar-refractivity contribution in [2.45, 2.75) is 18.9 Å². The van der Waals surface area contributed by atoms with Gasteiger partial charge >= 0.3 is 0 Å². The number of benzene rings is 2. The van der Waals surface area contributed by atoms with E-state index in [1.54, 1.807) is 25.3 Å². The number of likely N-dealkylation sites (tertiary alicyclic amines) is 1. The Hall–Kier alpha value is -3.61. The van der Waals surface area contributed by atoms with Gasteiger partial charge in [0.1, 0.15) is 17.5 Å². The van der Waals surface area contributed by atoms with Crippen molar-refractivity contribution >= 4 is 23.4 Å². The number of nitrogens with zero attached hydrogens (tertiary/aromatic N) is 1. The molecule has 4 aliphatic carbocycles. The number of amides is 3. The van der Waals surface area contributed by atoms with E-state index in [2.05, 4.69) is 17.5 Å². The van der Waals surface area contributed by atoms with Gasteiger partial charge in [0.25, 0.3) is 0 Å². The van der Waals surface area contributed by atoms with Crippen LogP contribution in [0.2, 0.25) is 0 Å². The highest BCUT2D eigenvalue weighted by molar-refractivity contribution is 6.11. The maximum Gasteiger partial charge on any atom is 0.248 e. The van der Waals surface area contributed by atoms with Crippen molar-refractivity contribution in [3.05, 3.63) is 66.2 Å². The molecule has 3 amide bonds. The molecule has 7 heteroatoms. The lowest BCUT2D eigenvalue weighted by Gasteiger charge is -2.37. The van der Waals surface area contributed by atoms with E-state index in [9.17, 15) is 14.4 Å². The molecular formula is C28H28N2O5. The molecule has 2 saturated carbocycles. The van der Waals surface area contributed by atoms with Crippen LogP contribution in [0.4, 0.5) is 5.69 Å². The molecule has 7 unspecified atom stereocenters. The first-order valence-electron chi connectivity index (χ1n) is 12.1. The Morgan fingerprint density at radius 2 is 1.63 bits per heavy atom. The molecule has 35 heavy (non-hydrogen) atoms. The van der Waals surface area contributed by atoms with Crippen LogP contribution in [-0.4, -0.2) is 42.9 Å². The number of hydrogen-bond donors (Lipinski definition) is 1. The Bertz CT molecular complexity index is 1190. The molecule has 2 bridgehead atoms. The van der Waals surface area contributed by atoms with E-state index in [1.807, 2.05) is 30.3 Å². The monoisotopic (exact) mass is 472 g/mol. The van der Waals surface area contributed by atoms with Crippen molar-refractivity contribution in [3.8, 4) is 11.5 Å². The highest BCUT2D eigenvalue weighted by Crippen LogP contribution is 2.65. The third-order valence-corrected chi connectivity index (χ3v) is 8.25. The summed E-state index contributed by atoms with van der Waals surface area (Å²) in [6.07, 6.45) is 5.62. The van der Waals surface area contributed by atoms with E-state index in [0.29, 0.717) is 29.0 Å². The van der Waals surface area contributed by atoms with Gasteiger partial charge in [-0.3, -0.25) is 19.3 Å². The fourth-order valence-electron chi connectivity index (χ4n) is 6.55. The van der Waals surface area contributed by atoms with Crippen LogP contribution in [0, 0.1) is 35.5 Å². The number of carbonyl (C=O) groups is 3. The van der Waals surface area contributed by atoms with Crippen molar-refractivity contribution in [2.75, 3.05) is 19.5 Å². The van der Waals surface area contributed by atoms with Crippen LogP contribution >= 0.6 is 0 Å². The van der Waals surface area contributed by atoms with Crippen LogP contribution in [0.1, 0.15) is 12.0 Å². The van der Waals surface area contributed by atoms with Crippen molar-refractivity contribution in [2.24, 2.45) is 35.5 Å². The van der Waals surface area contributed by atoms with Gasteiger partial charge in [0.05, 0.1) is 31.7 Å². The van der Waals surface area contributed by atoms with Crippen LogP contribution in [-0.2, 0) is 20.8 Å². The van der Waals surface area contributed by atoms with Gasteiger partial charge in [-0.1, -0.05) is 42.5 Å². The summed E-state index contributed by atoms with van der Waals surface area (Å²) in [6.45, 7) is 0. The highest BCUT2D eigenvalue weighted by Gasteiger charge is 2.67. The van der Waals surface area contributed by atoms with Crippen LogP contribution in [0.15, 0.2) is 60.7 Å². The third kappa shape index (κ3) is 3.44. The molecule has 7 rings (SSSR count). The predicted molar refractivity (Wildman–Crippen MR) is 129 cm³/mol. The zero-order valence-electron chi connectivity index (χ0n) is 19.7. The lowest BCUT2D eigenvalue weighted by molar-refractivity contribution is -0.146. The van der Waals surface area contributed by atoms with Crippen molar-refractivity contribution in [1.29, 1.82) is 0 Å². The van der Waals surface area contributed by atoms with Gasteiger partial charge in [-0.15, -0.1) is 0 Å². The summed E-state index contributed by atoms with van der Waals surface area (Å²) in [5.74, 6) is 0.705. The second-order valence-corrected chi connectivity index (χ2v) is 9.96. The summed E-state index contributed by atoms with van der Waals surface area (Å²) >= 11 is 0. The van der Waals surface area contributed by atoms with Gasteiger partial charge in [0.15, 0.2) is 0 Å². The molecule has 0 aromatic heterocycles. The van der Waals surface area contributed by atoms with Crippen molar-refractivity contribution < 1.29 is 23.9 Å². The lowest BCUT2D eigenvalue weighted by atomic mass is 9.63. The number of allylic oxidation sites excluding steroid dienone is 2. The van der Waals surface area contributed by atoms with E-state index in [4.69, 9.17) is 9.47 Å². The minimum Gasteiger partial charge on any atom is -0.497 e. The Kier molecular flexibility index (Phi) is 5.16. The van der Waals surface area contributed by atoms with E-state index >= 15 is 0 Å². The standard InChI is InChI=1S/C28H28N2O5/c1-34-16-8-11-23(35-2)21(13-16)29-26(31)22(12-15-6-4-3-5-7-15)30-27(32)24-17-9-10-18(20-14-19(17)20)25(24)28(30)33/h3-11,13,17-20,22,24-25H,12,14H2,1-2H3,(H,29,31). The first-order chi connectivity index (χ1) is 17.0. The van der Waals surface area contributed by atoms with E-state index in [-0.39, 0.29) is 41.9 Å². The van der Waals surface area contributed by atoms with Crippen LogP contribution in [0.3, 0.4) is 0 Å². The molecule has 7 nitrogen and oxygen atoms in total. The first kappa shape index (κ1) is 21.9. The fraction of sp³-hybridized carbons (Fsp3) is 0.393. The molecular weight excluding hydrogens is 444 g/mol. The SMILES string of the molecule is COc1ccc(OC)c(NC(=O)C(Cc2ccccc2)N2C(=O)C3C4C=CC(C5CC45)C3C2=O)c1. The quantitative estimate of drug-likeness (QED) is 0.494. The number of rotatable bonds is 7. The summed E-state index contributed by atoms with van der Waals surface area (Å²) in [4.78, 5) is 42.5. The first-order valence-corrected chi connectivity index (χ1v) is 12.1. The zero-order chi connectivity index (χ0) is 24.3. The largest absolute Gasteiger partial charge is 0.497 e. The van der Waals surface area contributed by atoms with E-state index < -0.39 is 11.9 Å². The molecule has 1 aliphatic heterocycles. The molecule has 0 radical (unpaired) electrons. The molecule has 5 aliphatic rings. The van der Waals surface area contributed by atoms with Gasteiger partial charge in [0, 0.05) is 12.5 Å². The van der Waals surface area contributed by atoms with Gasteiger partial charge in [-0.2, -0.15) is 0 Å². The smallest absolute Gasteiger partial charge is 0.248 e. The topological polar surface area (TPSA) is 84.9 Å². The average molecular weight is 473 g/mol. The molecule has 3 fully saturated rings. The Balaban J connectivity index is 1.34. The minimum atomic E-state index is -0.963. The number of methoxy groups -OCH3 is 2. The Labute approximate surface area is 204 Å². The van der Waals surface area contributed by atoms with Crippen molar-refractivity contribution in [1.82, 2.24) is 4.90 Å². The summed E-state index contributed by atoms with van der Waals surface area (Å²) in [5.41, 5.74) is 1.30. The van der Waals surface area contributed by atoms with Crippen LogP contribution in [0.5, 0.6) is 11.5 Å². The molecule has 7 atom stereocenters. The zero-order valence-corrected chi connectivity index (χ0v) is 19.7. The highest BCUT2D eigenvalue weighted by atomic mass is 16.5. The number of nitrogens with one attached hydrogen (secondary N) is 1. The molecule has 1 heterocycles. The summed E-state index contributed by atoms with van der Waals surface area (Å²) in [5, 5.41) is 2.91. The molecule has 0 spiro atoms. The van der Waals surface area contributed by atoms with E-state index in [0.717, 1.165) is 12.0 Å². The predicted octanol–water partition coefficient (Wildman–Crippen LogP) is 3.31. The average Bonchev–Trinajstić information content (AvgIpc) is 3.66. The van der Waals surface area contributed by atoms with Gasteiger partial charge < -0.3 is 14.8 Å². The Morgan fingerprint density at radius 1 is 0.971 bits per heavy atom. The van der Waals surface area contributed by atoms with Gasteiger partial charge in [-0.25, -0.2) is 0 Å². The minimum absolute atomic E-state index is 0.107. The van der Waals surface area contributed by atoms with Crippen molar-refractivity contribution in [3.63, 3.8) is 0 Å². The van der Waals surface area contributed by atoms with Crippen LogP contribution in [0.25, 0.3) is 0 Å². The number of hydrogen-bond acceptors (Lipinski definition) is 5. The van der Waals surface area contributed by atoms with Crippen LogP contribution < -0.4 is 14.8 Å². The lowest BCUT2D eigenvalue weighted by Crippen LogP contribution is -2.49. The fourth-order valence-corrected chi connectivity index (χ4v) is 6.55. The third-order valence-electron chi connectivity index (χ3n) is 8.25. The van der Waals surface area contributed by atoms with Gasteiger partial charge in [-0.05, 0) is 47.8 Å².